The molecule has 0 saturated heterocycles. The molecular weight excluding hydrogens is 312 g/mol. The van der Waals surface area contributed by atoms with E-state index in [1.54, 1.807) is 4.57 Å². The third kappa shape index (κ3) is 4.21. The molecule has 0 aliphatic carbocycles. The molecule has 0 saturated carbocycles. The van der Waals surface area contributed by atoms with Crippen molar-refractivity contribution in [3.63, 3.8) is 0 Å². The fourth-order valence-electron chi connectivity index (χ4n) is 1.93. The molecule has 0 spiro atoms. The monoisotopic (exact) mass is 328 g/mol. The number of aliphatic carboxylic acids is 1. The summed E-state index contributed by atoms with van der Waals surface area (Å²) in [6.45, 7) is 2.21. The summed E-state index contributed by atoms with van der Waals surface area (Å²) in [5.41, 5.74) is 2.61. The number of hydrogen-bond donors (Lipinski definition) is 1. The smallest absolute Gasteiger partial charge is 0.313 e. The van der Waals surface area contributed by atoms with Crippen molar-refractivity contribution in [1.82, 2.24) is 9.55 Å². The molecule has 2 aromatic rings. The van der Waals surface area contributed by atoms with Gasteiger partial charge in [-0.25, -0.2) is 13.4 Å². The van der Waals surface area contributed by atoms with Gasteiger partial charge in [0.15, 0.2) is 5.16 Å². The van der Waals surface area contributed by atoms with E-state index in [4.69, 9.17) is 5.11 Å². The van der Waals surface area contributed by atoms with E-state index in [0.29, 0.717) is 5.16 Å². The summed E-state index contributed by atoms with van der Waals surface area (Å²) in [5.74, 6) is -1.05. The van der Waals surface area contributed by atoms with Gasteiger partial charge in [0, 0.05) is 12.8 Å². The molecule has 2 rings (SSSR count). The molecule has 0 atom stereocenters. The third-order valence-electron chi connectivity index (χ3n) is 2.88. The van der Waals surface area contributed by atoms with Gasteiger partial charge in [0.1, 0.15) is 9.84 Å². The first kappa shape index (κ1) is 15.8. The van der Waals surface area contributed by atoms with Crippen LogP contribution in [0.1, 0.15) is 5.56 Å². The summed E-state index contributed by atoms with van der Waals surface area (Å²) < 4.78 is 24.5. The Hall–Kier alpha value is -1.54. The molecule has 21 heavy (non-hydrogen) atoms. The summed E-state index contributed by atoms with van der Waals surface area (Å²) >= 11 is 1.09. The zero-order chi connectivity index (χ0) is 15.6. The standard InChI is InChI=1S/C13H16N2O4S2/c1-9-3-4-11-10(7-9)14-13(20-8-12(16)17)15(11)5-6-21(2,18)19/h3-4,7H,5-6,8H2,1-2H3,(H,16,17). The molecule has 8 heteroatoms. The van der Waals surface area contributed by atoms with Crippen molar-refractivity contribution in [2.45, 2.75) is 18.6 Å². The summed E-state index contributed by atoms with van der Waals surface area (Å²) in [4.78, 5) is 15.1. The second-order valence-corrected chi connectivity index (χ2v) is 8.05. The van der Waals surface area contributed by atoms with E-state index >= 15 is 0 Å². The van der Waals surface area contributed by atoms with Crippen LogP contribution in [0.25, 0.3) is 11.0 Å². The quantitative estimate of drug-likeness (QED) is 0.810. The van der Waals surface area contributed by atoms with Crippen molar-refractivity contribution >= 4 is 38.6 Å². The van der Waals surface area contributed by atoms with E-state index in [1.807, 2.05) is 25.1 Å². The van der Waals surface area contributed by atoms with E-state index in [2.05, 4.69) is 4.98 Å². The summed E-state index contributed by atoms with van der Waals surface area (Å²) in [6, 6.07) is 5.70. The van der Waals surface area contributed by atoms with Crippen molar-refractivity contribution in [3.8, 4) is 0 Å². The molecule has 0 radical (unpaired) electrons. The predicted octanol–water partition coefficient (Wildman–Crippen LogP) is 1.57. The number of sulfone groups is 1. The molecule has 1 aromatic heterocycles. The SMILES string of the molecule is Cc1ccc2c(c1)nc(SCC(=O)O)n2CCS(C)(=O)=O. The van der Waals surface area contributed by atoms with Crippen LogP contribution < -0.4 is 0 Å². The summed E-state index contributed by atoms with van der Waals surface area (Å²) in [5, 5.41) is 9.32. The van der Waals surface area contributed by atoms with Gasteiger partial charge in [0.25, 0.3) is 0 Å². The average Bonchev–Trinajstić information content (AvgIpc) is 2.69. The van der Waals surface area contributed by atoms with E-state index < -0.39 is 15.8 Å². The van der Waals surface area contributed by atoms with E-state index in [9.17, 15) is 13.2 Å². The number of aromatic nitrogens is 2. The molecule has 1 heterocycles. The number of carboxylic acids is 1. The highest BCUT2D eigenvalue weighted by Gasteiger charge is 2.14. The molecule has 0 bridgehead atoms. The number of nitrogens with zero attached hydrogens (tertiary/aromatic N) is 2. The normalized spacial score (nSPS) is 11.9. The maximum absolute atomic E-state index is 11.4. The zero-order valence-electron chi connectivity index (χ0n) is 11.7. The number of rotatable bonds is 6. The van der Waals surface area contributed by atoms with E-state index in [-0.39, 0.29) is 18.1 Å². The molecule has 6 nitrogen and oxygen atoms in total. The number of carbonyl (C=O) groups is 1. The minimum absolute atomic E-state index is 0.00698. The van der Waals surface area contributed by atoms with Gasteiger partial charge in [-0.05, 0) is 24.6 Å². The van der Waals surface area contributed by atoms with Crippen LogP contribution >= 0.6 is 11.8 Å². The van der Waals surface area contributed by atoms with Crippen LogP contribution in [0, 0.1) is 6.92 Å². The van der Waals surface area contributed by atoms with Crippen LogP contribution in [-0.4, -0.2) is 46.8 Å². The maximum Gasteiger partial charge on any atom is 0.313 e. The Morgan fingerprint density at radius 2 is 2.14 bits per heavy atom. The lowest BCUT2D eigenvalue weighted by atomic mass is 10.2. The van der Waals surface area contributed by atoms with Crippen LogP contribution in [0.3, 0.4) is 0 Å². The molecule has 1 aromatic carbocycles. The van der Waals surface area contributed by atoms with Crippen LogP contribution in [0.15, 0.2) is 23.4 Å². The second kappa shape index (κ2) is 6.07. The van der Waals surface area contributed by atoms with Gasteiger partial charge >= 0.3 is 5.97 Å². The lowest BCUT2D eigenvalue weighted by Crippen LogP contribution is -2.12. The molecular formula is C13H16N2O4S2. The fraction of sp³-hybridized carbons (Fsp3) is 0.385. The third-order valence-corrected chi connectivity index (χ3v) is 4.76. The number of hydrogen-bond acceptors (Lipinski definition) is 5. The molecule has 0 aliphatic rings. The maximum atomic E-state index is 11.4. The van der Waals surface area contributed by atoms with Gasteiger partial charge in [0.05, 0.1) is 22.5 Å². The minimum Gasteiger partial charge on any atom is -0.481 e. The number of aryl methyl sites for hydroxylation is 2. The Balaban J connectivity index is 2.41. The molecule has 0 amide bonds. The van der Waals surface area contributed by atoms with Gasteiger partial charge in [0.2, 0.25) is 0 Å². The Morgan fingerprint density at radius 3 is 2.76 bits per heavy atom. The van der Waals surface area contributed by atoms with Gasteiger partial charge in [-0.2, -0.15) is 0 Å². The summed E-state index contributed by atoms with van der Waals surface area (Å²) in [6.07, 6.45) is 1.18. The van der Waals surface area contributed by atoms with E-state index in [1.165, 1.54) is 6.26 Å². The van der Waals surface area contributed by atoms with E-state index in [0.717, 1.165) is 28.4 Å². The summed E-state index contributed by atoms with van der Waals surface area (Å²) in [7, 11) is -3.10. The van der Waals surface area contributed by atoms with Gasteiger partial charge < -0.3 is 9.67 Å². The average molecular weight is 328 g/mol. The van der Waals surface area contributed by atoms with Gasteiger partial charge in [-0.15, -0.1) is 0 Å². The first-order valence-corrected chi connectivity index (χ1v) is 9.30. The Bertz CT molecular complexity index is 781. The zero-order valence-corrected chi connectivity index (χ0v) is 13.4. The van der Waals surface area contributed by atoms with Crippen molar-refractivity contribution in [2.75, 3.05) is 17.8 Å². The lowest BCUT2D eigenvalue weighted by Gasteiger charge is -2.07. The van der Waals surface area contributed by atoms with Crippen molar-refractivity contribution in [1.29, 1.82) is 0 Å². The van der Waals surface area contributed by atoms with Crippen LogP contribution in [-0.2, 0) is 21.2 Å². The van der Waals surface area contributed by atoms with Crippen molar-refractivity contribution in [2.24, 2.45) is 0 Å². The fourth-order valence-corrected chi connectivity index (χ4v) is 3.20. The number of imidazole rings is 1. The highest BCUT2D eigenvalue weighted by molar-refractivity contribution is 7.99. The highest BCUT2D eigenvalue weighted by Crippen LogP contribution is 2.25. The number of benzene rings is 1. The second-order valence-electron chi connectivity index (χ2n) is 4.85. The molecule has 1 N–H and O–H groups in total. The Kier molecular flexibility index (Phi) is 4.58. The van der Waals surface area contributed by atoms with Gasteiger partial charge in [-0.3, -0.25) is 4.79 Å². The van der Waals surface area contributed by atoms with Crippen molar-refractivity contribution in [3.05, 3.63) is 23.8 Å². The Labute approximate surface area is 127 Å². The lowest BCUT2D eigenvalue weighted by molar-refractivity contribution is -0.133. The van der Waals surface area contributed by atoms with Gasteiger partial charge in [-0.1, -0.05) is 17.8 Å². The first-order chi connectivity index (χ1) is 9.76. The minimum atomic E-state index is -3.10. The van der Waals surface area contributed by atoms with Crippen LogP contribution in [0.2, 0.25) is 0 Å². The highest BCUT2D eigenvalue weighted by atomic mass is 32.2. The topological polar surface area (TPSA) is 89.3 Å². The Morgan fingerprint density at radius 1 is 1.43 bits per heavy atom. The molecule has 0 unspecified atom stereocenters. The van der Waals surface area contributed by atoms with Crippen LogP contribution in [0.5, 0.6) is 0 Å². The largest absolute Gasteiger partial charge is 0.481 e. The number of fused-ring (bicyclic) bond motifs is 1. The van der Waals surface area contributed by atoms with Crippen molar-refractivity contribution < 1.29 is 18.3 Å². The molecule has 114 valence electrons. The first-order valence-electron chi connectivity index (χ1n) is 6.25. The molecule has 0 aliphatic heterocycles. The predicted molar refractivity (Wildman–Crippen MR) is 82.5 cm³/mol. The van der Waals surface area contributed by atoms with Crippen LogP contribution in [0.4, 0.5) is 0 Å². The molecule has 0 fully saturated rings. The number of carboxylic acid groups (broad SMARTS) is 1. The number of thioether (sulfide) groups is 1.